The molecule has 0 unspecified atom stereocenters. The van der Waals surface area contributed by atoms with Crippen molar-refractivity contribution in [2.24, 2.45) is 0 Å². The maximum absolute atomic E-state index is 12.4. The van der Waals surface area contributed by atoms with Gasteiger partial charge >= 0.3 is 0 Å². The van der Waals surface area contributed by atoms with E-state index in [1.807, 2.05) is 0 Å². The van der Waals surface area contributed by atoms with Crippen LogP contribution in [0.25, 0.3) is 0 Å². The molecular formula is C14H18N2O4. The van der Waals surface area contributed by atoms with Crippen molar-refractivity contribution in [3.8, 4) is 0 Å². The normalized spacial score (nSPS) is 15.2. The van der Waals surface area contributed by atoms with Gasteiger partial charge in [-0.25, -0.2) is 0 Å². The third-order valence-electron chi connectivity index (χ3n) is 3.69. The maximum Gasteiger partial charge on any atom is 0.269 e. The van der Waals surface area contributed by atoms with Crippen molar-refractivity contribution >= 4 is 11.6 Å². The fraction of sp³-hybridized carbons (Fsp3) is 0.500. The molecule has 6 nitrogen and oxygen atoms in total. The summed E-state index contributed by atoms with van der Waals surface area (Å²) in [5.74, 6) is -0.166. The monoisotopic (exact) mass is 278 g/mol. The molecule has 0 bridgehead atoms. The minimum atomic E-state index is -0.489. The summed E-state index contributed by atoms with van der Waals surface area (Å²) < 4.78 is 0. The smallest absolute Gasteiger partial charge is 0.269 e. The van der Waals surface area contributed by atoms with Crippen LogP contribution in [0.2, 0.25) is 0 Å². The molecule has 1 aliphatic carbocycles. The van der Waals surface area contributed by atoms with E-state index >= 15 is 0 Å². The number of hydrogen-bond donors (Lipinski definition) is 1. The van der Waals surface area contributed by atoms with Gasteiger partial charge in [0.1, 0.15) is 0 Å². The number of rotatable bonds is 5. The summed E-state index contributed by atoms with van der Waals surface area (Å²) in [6.07, 6.45) is 4.11. The van der Waals surface area contributed by atoms with E-state index in [1.165, 1.54) is 24.3 Å². The number of hydrogen-bond acceptors (Lipinski definition) is 4. The number of nitro groups is 1. The van der Waals surface area contributed by atoms with E-state index in [-0.39, 0.29) is 24.2 Å². The third kappa shape index (κ3) is 3.14. The SMILES string of the molecule is O=C(c1ccc([N+](=O)[O-])cc1)N(CCO)C1CCCC1. The fourth-order valence-corrected chi connectivity index (χ4v) is 2.67. The lowest BCUT2D eigenvalue weighted by atomic mass is 10.1. The summed E-state index contributed by atoms with van der Waals surface area (Å²) in [6, 6.07) is 5.78. The van der Waals surface area contributed by atoms with E-state index in [9.17, 15) is 14.9 Å². The first-order valence-corrected chi connectivity index (χ1v) is 6.80. The van der Waals surface area contributed by atoms with Crippen molar-refractivity contribution in [2.75, 3.05) is 13.2 Å². The Hall–Kier alpha value is -1.95. The standard InChI is InChI=1S/C14H18N2O4/c17-10-9-15(12-3-1-2-4-12)14(18)11-5-7-13(8-6-11)16(19)20/h5-8,12,17H,1-4,9-10H2. The third-order valence-corrected chi connectivity index (χ3v) is 3.69. The molecule has 6 heteroatoms. The highest BCUT2D eigenvalue weighted by atomic mass is 16.6. The highest BCUT2D eigenvalue weighted by Gasteiger charge is 2.27. The van der Waals surface area contributed by atoms with Gasteiger partial charge in [0, 0.05) is 30.3 Å². The number of non-ortho nitro benzene ring substituents is 1. The summed E-state index contributed by atoms with van der Waals surface area (Å²) in [4.78, 5) is 24.3. The van der Waals surface area contributed by atoms with Crippen LogP contribution in [0, 0.1) is 10.1 Å². The van der Waals surface area contributed by atoms with Crippen molar-refractivity contribution in [3.63, 3.8) is 0 Å². The highest BCUT2D eigenvalue weighted by Crippen LogP contribution is 2.25. The average molecular weight is 278 g/mol. The Balaban J connectivity index is 2.15. The molecule has 1 aromatic carbocycles. The van der Waals surface area contributed by atoms with E-state index in [0.717, 1.165) is 25.7 Å². The van der Waals surface area contributed by atoms with Crippen molar-refractivity contribution in [1.82, 2.24) is 4.90 Å². The molecule has 0 saturated heterocycles. The molecule has 108 valence electrons. The van der Waals surface area contributed by atoms with Crippen LogP contribution in [-0.4, -0.2) is 40.0 Å². The number of nitro benzene ring substituents is 1. The molecule has 0 atom stereocenters. The molecule has 1 amide bonds. The van der Waals surface area contributed by atoms with Gasteiger partial charge in [0.15, 0.2) is 0 Å². The molecule has 1 aliphatic rings. The molecule has 0 spiro atoms. The largest absolute Gasteiger partial charge is 0.395 e. The number of benzene rings is 1. The molecule has 0 aromatic heterocycles. The maximum atomic E-state index is 12.4. The molecule has 0 heterocycles. The average Bonchev–Trinajstić information content (AvgIpc) is 2.98. The molecular weight excluding hydrogens is 260 g/mol. The Morgan fingerprint density at radius 2 is 1.90 bits per heavy atom. The van der Waals surface area contributed by atoms with E-state index in [1.54, 1.807) is 4.90 Å². The predicted molar refractivity (Wildman–Crippen MR) is 73.5 cm³/mol. The van der Waals surface area contributed by atoms with Crippen molar-refractivity contribution in [1.29, 1.82) is 0 Å². The predicted octanol–water partition coefficient (Wildman–Crippen LogP) is 1.97. The first-order valence-electron chi connectivity index (χ1n) is 6.80. The Bertz CT molecular complexity index is 480. The van der Waals surface area contributed by atoms with Crippen LogP contribution in [0.3, 0.4) is 0 Å². The van der Waals surface area contributed by atoms with Gasteiger partial charge in [0.2, 0.25) is 0 Å². The van der Waals surface area contributed by atoms with Gasteiger partial charge in [-0.15, -0.1) is 0 Å². The Morgan fingerprint density at radius 1 is 1.30 bits per heavy atom. The second-order valence-electron chi connectivity index (χ2n) is 4.96. The molecule has 1 N–H and O–H groups in total. The Morgan fingerprint density at radius 3 is 2.40 bits per heavy atom. The van der Waals surface area contributed by atoms with Gasteiger partial charge in [-0.2, -0.15) is 0 Å². The van der Waals surface area contributed by atoms with Crippen LogP contribution >= 0.6 is 0 Å². The molecule has 1 aromatic rings. The van der Waals surface area contributed by atoms with E-state index in [2.05, 4.69) is 0 Å². The Labute approximate surface area is 117 Å². The minimum absolute atomic E-state index is 0.0314. The lowest BCUT2D eigenvalue weighted by Gasteiger charge is -2.28. The molecule has 0 radical (unpaired) electrons. The number of carbonyl (C=O) groups is 1. The topological polar surface area (TPSA) is 83.7 Å². The Kier molecular flexibility index (Phi) is 4.68. The summed E-state index contributed by atoms with van der Waals surface area (Å²) >= 11 is 0. The molecule has 1 fully saturated rings. The number of aliphatic hydroxyl groups is 1. The van der Waals surface area contributed by atoms with Gasteiger partial charge in [0.05, 0.1) is 11.5 Å². The minimum Gasteiger partial charge on any atom is -0.395 e. The zero-order valence-corrected chi connectivity index (χ0v) is 11.2. The molecule has 20 heavy (non-hydrogen) atoms. The quantitative estimate of drug-likeness (QED) is 0.659. The zero-order valence-electron chi connectivity index (χ0n) is 11.2. The van der Waals surface area contributed by atoms with Crippen molar-refractivity contribution in [2.45, 2.75) is 31.7 Å². The van der Waals surface area contributed by atoms with Gasteiger partial charge in [-0.05, 0) is 25.0 Å². The summed E-state index contributed by atoms with van der Waals surface area (Å²) in [7, 11) is 0. The molecule has 0 aliphatic heterocycles. The first-order chi connectivity index (χ1) is 9.63. The zero-order chi connectivity index (χ0) is 14.5. The van der Waals surface area contributed by atoms with Crippen LogP contribution in [0.4, 0.5) is 5.69 Å². The van der Waals surface area contributed by atoms with Gasteiger partial charge < -0.3 is 10.0 Å². The second-order valence-corrected chi connectivity index (χ2v) is 4.96. The van der Waals surface area contributed by atoms with Gasteiger partial charge in [-0.1, -0.05) is 12.8 Å². The fourth-order valence-electron chi connectivity index (χ4n) is 2.67. The van der Waals surface area contributed by atoms with Gasteiger partial charge in [0.25, 0.3) is 11.6 Å². The van der Waals surface area contributed by atoms with Gasteiger partial charge in [-0.3, -0.25) is 14.9 Å². The number of aliphatic hydroxyl groups excluding tert-OH is 1. The first kappa shape index (κ1) is 14.5. The molecule has 1 saturated carbocycles. The van der Waals surface area contributed by atoms with E-state index in [0.29, 0.717) is 12.1 Å². The highest BCUT2D eigenvalue weighted by molar-refractivity contribution is 5.94. The van der Waals surface area contributed by atoms with Crippen molar-refractivity contribution < 1.29 is 14.8 Å². The summed E-state index contributed by atoms with van der Waals surface area (Å²) in [5, 5.41) is 19.7. The van der Waals surface area contributed by atoms with E-state index in [4.69, 9.17) is 5.11 Å². The second kappa shape index (κ2) is 6.47. The lowest BCUT2D eigenvalue weighted by molar-refractivity contribution is -0.384. The van der Waals surface area contributed by atoms with Crippen LogP contribution < -0.4 is 0 Å². The number of carbonyl (C=O) groups excluding carboxylic acids is 1. The molecule has 2 rings (SSSR count). The number of amides is 1. The van der Waals surface area contributed by atoms with Crippen LogP contribution in [0.15, 0.2) is 24.3 Å². The van der Waals surface area contributed by atoms with Crippen LogP contribution in [-0.2, 0) is 0 Å². The van der Waals surface area contributed by atoms with Crippen molar-refractivity contribution in [3.05, 3.63) is 39.9 Å². The lowest BCUT2D eigenvalue weighted by Crippen LogP contribution is -2.40. The summed E-state index contributed by atoms with van der Waals surface area (Å²) in [6.45, 7) is 0.232. The number of nitrogens with zero attached hydrogens (tertiary/aromatic N) is 2. The van der Waals surface area contributed by atoms with Crippen LogP contribution in [0.5, 0.6) is 0 Å². The summed E-state index contributed by atoms with van der Waals surface area (Å²) in [5.41, 5.74) is 0.395. The van der Waals surface area contributed by atoms with E-state index < -0.39 is 4.92 Å². The van der Waals surface area contributed by atoms with Crippen LogP contribution in [0.1, 0.15) is 36.0 Å².